The molecular formula is C33H37N5O3. The summed E-state index contributed by atoms with van der Waals surface area (Å²) in [6, 6.07) is 16.7. The van der Waals surface area contributed by atoms with Gasteiger partial charge in [0.05, 0.1) is 17.4 Å². The average Bonchev–Trinajstić information content (AvgIpc) is 3.35. The highest BCUT2D eigenvalue weighted by Gasteiger charge is 2.21. The molecule has 2 aromatic carbocycles. The molecule has 8 heteroatoms. The monoisotopic (exact) mass is 551 g/mol. The van der Waals surface area contributed by atoms with E-state index in [2.05, 4.69) is 75.1 Å². The van der Waals surface area contributed by atoms with Crippen LogP contribution in [0.3, 0.4) is 0 Å². The fourth-order valence-electron chi connectivity index (χ4n) is 5.16. The van der Waals surface area contributed by atoms with Crippen molar-refractivity contribution < 1.29 is 14.3 Å². The zero-order valence-corrected chi connectivity index (χ0v) is 24.2. The molecule has 8 nitrogen and oxygen atoms in total. The number of likely N-dealkylation sites (N-methyl/N-ethyl adjacent to an activating group) is 1. The molecule has 2 N–H and O–H groups in total. The average molecular weight is 552 g/mol. The lowest BCUT2D eigenvalue weighted by Crippen LogP contribution is -2.44. The normalized spacial score (nSPS) is 13.9. The first-order valence-corrected chi connectivity index (χ1v) is 14.0. The second-order valence-electron chi connectivity index (χ2n) is 10.8. The molecule has 1 saturated heterocycles. The van der Waals surface area contributed by atoms with Gasteiger partial charge in [0, 0.05) is 55.6 Å². The van der Waals surface area contributed by atoms with Gasteiger partial charge >= 0.3 is 5.97 Å². The van der Waals surface area contributed by atoms with Gasteiger partial charge in [0.15, 0.2) is 0 Å². The number of nitrogens with one attached hydrogen (secondary N) is 2. The van der Waals surface area contributed by atoms with Gasteiger partial charge in [-0.2, -0.15) is 0 Å². The van der Waals surface area contributed by atoms with Crippen molar-refractivity contribution >= 4 is 28.6 Å². The smallest absolute Gasteiger partial charge is 0.339 e. The van der Waals surface area contributed by atoms with Crippen molar-refractivity contribution in [2.45, 2.75) is 33.4 Å². The number of aryl methyl sites for hydroxylation is 1. The number of esters is 1. The number of benzene rings is 2. The Kier molecular flexibility index (Phi) is 8.21. The molecule has 2 aromatic heterocycles. The van der Waals surface area contributed by atoms with E-state index in [4.69, 9.17) is 4.74 Å². The lowest BCUT2D eigenvalue weighted by molar-refractivity contribution is -0.116. The fraction of sp³-hybridized carbons (Fsp3) is 0.303. The molecule has 5 rings (SSSR count). The van der Waals surface area contributed by atoms with Gasteiger partial charge in [0.1, 0.15) is 5.65 Å². The highest BCUT2D eigenvalue weighted by molar-refractivity contribution is 6.05. The minimum absolute atomic E-state index is 0.222. The molecule has 0 unspecified atom stereocenters. The summed E-state index contributed by atoms with van der Waals surface area (Å²) in [5.41, 5.74) is 8.17. The highest BCUT2D eigenvalue weighted by atomic mass is 16.5. The van der Waals surface area contributed by atoms with Crippen LogP contribution in [-0.4, -0.2) is 66.1 Å². The first kappa shape index (κ1) is 28.1. The first-order valence-electron chi connectivity index (χ1n) is 14.0. The minimum Gasteiger partial charge on any atom is -0.459 e. The Morgan fingerprint density at radius 1 is 1.07 bits per heavy atom. The van der Waals surface area contributed by atoms with Crippen molar-refractivity contribution in [2.75, 3.05) is 38.1 Å². The molecule has 1 aliphatic rings. The number of piperazine rings is 1. The van der Waals surface area contributed by atoms with E-state index in [1.54, 1.807) is 6.20 Å². The number of aromatic nitrogens is 2. The Balaban J connectivity index is 1.60. The number of fused-ring (bicyclic) bond motifs is 1. The molecule has 1 fully saturated rings. The summed E-state index contributed by atoms with van der Waals surface area (Å²) in [6.45, 7) is 13.7. The zero-order valence-electron chi connectivity index (χ0n) is 24.2. The largest absolute Gasteiger partial charge is 0.459 e. The fourth-order valence-corrected chi connectivity index (χ4v) is 5.16. The van der Waals surface area contributed by atoms with E-state index in [9.17, 15) is 9.59 Å². The molecule has 1 aliphatic heterocycles. The SMILES string of the molecule is C=CC(=O)NCc1cc(-c2c(-c3ccc(N4CCN(C)CC4)cc3)[nH]c3ncc(C(=O)OC(C)C)cc23)ccc1C. The van der Waals surface area contributed by atoms with E-state index in [0.717, 1.165) is 65.1 Å². The summed E-state index contributed by atoms with van der Waals surface area (Å²) in [5.74, 6) is -0.628. The molecule has 0 bridgehead atoms. The molecule has 1 amide bonds. The van der Waals surface area contributed by atoms with Crippen LogP contribution in [0.5, 0.6) is 0 Å². The topological polar surface area (TPSA) is 90.6 Å². The van der Waals surface area contributed by atoms with Crippen LogP contribution < -0.4 is 10.2 Å². The van der Waals surface area contributed by atoms with Crippen LogP contribution in [0.1, 0.15) is 35.3 Å². The van der Waals surface area contributed by atoms with Crippen molar-refractivity contribution in [3.05, 3.63) is 84.1 Å². The molecule has 0 spiro atoms. The van der Waals surface area contributed by atoms with Gasteiger partial charge in [0.25, 0.3) is 0 Å². The molecule has 212 valence electrons. The number of amides is 1. The maximum atomic E-state index is 12.8. The van der Waals surface area contributed by atoms with Crippen LogP contribution in [0.25, 0.3) is 33.4 Å². The summed E-state index contributed by atoms with van der Waals surface area (Å²) in [6.07, 6.45) is 2.59. The van der Waals surface area contributed by atoms with Gasteiger partial charge in [-0.1, -0.05) is 30.8 Å². The number of anilines is 1. The zero-order chi connectivity index (χ0) is 29.1. The Labute approximate surface area is 241 Å². The van der Waals surface area contributed by atoms with E-state index >= 15 is 0 Å². The lowest BCUT2D eigenvalue weighted by atomic mass is 9.95. The predicted octanol–water partition coefficient (Wildman–Crippen LogP) is 5.32. The van der Waals surface area contributed by atoms with Crippen molar-refractivity contribution in [1.29, 1.82) is 0 Å². The van der Waals surface area contributed by atoms with E-state index in [1.807, 2.05) is 32.9 Å². The molecule has 0 atom stereocenters. The quantitative estimate of drug-likeness (QED) is 0.227. The molecule has 4 aromatic rings. The molecule has 0 saturated carbocycles. The minimum atomic E-state index is -0.406. The van der Waals surface area contributed by atoms with Crippen molar-refractivity contribution in [3.63, 3.8) is 0 Å². The highest BCUT2D eigenvalue weighted by Crippen LogP contribution is 2.39. The molecule has 3 heterocycles. The number of carbonyl (C=O) groups is 2. The van der Waals surface area contributed by atoms with Gasteiger partial charge in [-0.25, -0.2) is 9.78 Å². The van der Waals surface area contributed by atoms with Gasteiger partial charge in [-0.05, 0) is 80.4 Å². The Bertz CT molecular complexity index is 1580. The van der Waals surface area contributed by atoms with Crippen LogP contribution in [0.15, 0.2) is 67.4 Å². The summed E-state index contributed by atoms with van der Waals surface area (Å²) in [5, 5.41) is 3.71. The number of pyridine rings is 1. The number of aromatic amines is 1. The molecular weight excluding hydrogens is 514 g/mol. The predicted molar refractivity (Wildman–Crippen MR) is 164 cm³/mol. The van der Waals surface area contributed by atoms with Crippen LogP contribution in [0.2, 0.25) is 0 Å². The van der Waals surface area contributed by atoms with Gasteiger partial charge in [-0.3, -0.25) is 4.79 Å². The second-order valence-corrected chi connectivity index (χ2v) is 10.8. The van der Waals surface area contributed by atoms with Crippen LogP contribution in [0, 0.1) is 6.92 Å². The van der Waals surface area contributed by atoms with Gasteiger partial charge < -0.3 is 24.8 Å². The third kappa shape index (κ3) is 6.18. The van der Waals surface area contributed by atoms with E-state index in [-0.39, 0.29) is 12.0 Å². The third-order valence-electron chi connectivity index (χ3n) is 7.53. The summed E-state index contributed by atoms with van der Waals surface area (Å²) in [7, 11) is 2.16. The first-order chi connectivity index (χ1) is 19.7. The number of nitrogens with zero attached hydrogens (tertiary/aromatic N) is 3. The third-order valence-corrected chi connectivity index (χ3v) is 7.53. The van der Waals surface area contributed by atoms with Gasteiger partial charge in [-0.15, -0.1) is 0 Å². The number of rotatable bonds is 8. The number of H-pyrrole nitrogens is 1. The summed E-state index contributed by atoms with van der Waals surface area (Å²) >= 11 is 0. The maximum Gasteiger partial charge on any atom is 0.339 e. The number of carbonyl (C=O) groups excluding carboxylic acids is 2. The lowest BCUT2D eigenvalue weighted by Gasteiger charge is -2.34. The molecule has 41 heavy (non-hydrogen) atoms. The van der Waals surface area contributed by atoms with Gasteiger partial charge in [0.2, 0.25) is 5.91 Å². The van der Waals surface area contributed by atoms with Crippen LogP contribution in [0.4, 0.5) is 5.69 Å². The van der Waals surface area contributed by atoms with Crippen molar-refractivity contribution in [1.82, 2.24) is 20.2 Å². The summed E-state index contributed by atoms with van der Waals surface area (Å²) < 4.78 is 5.45. The van der Waals surface area contributed by atoms with Crippen molar-refractivity contribution in [2.24, 2.45) is 0 Å². The second kappa shape index (κ2) is 12.0. The molecule has 0 aliphatic carbocycles. The Morgan fingerprint density at radius 2 is 1.78 bits per heavy atom. The van der Waals surface area contributed by atoms with Crippen LogP contribution in [-0.2, 0) is 16.1 Å². The van der Waals surface area contributed by atoms with E-state index in [1.165, 1.54) is 11.8 Å². The number of hydrogen-bond acceptors (Lipinski definition) is 6. The Morgan fingerprint density at radius 3 is 2.46 bits per heavy atom. The number of ether oxygens (including phenoxy) is 1. The standard InChI is InChI=1S/C33H37N5O3/c1-6-29(39)34-19-25-17-24(8-7-22(25)4)30-28-18-26(33(40)41-21(2)3)20-35-32(28)36-31(30)23-9-11-27(12-10-23)38-15-13-37(5)14-16-38/h6-12,17-18,20-21H,1,13-16,19H2,2-5H3,(H,34,39)(H,35,36). The summed E-state index contributed by atoms with van der Waals surface area (Å²) in [4.78, 5) is 37.5. The van der Waals surface area contributed by atoms with E-state index < -0.39 is 5.97 Å². The van der Waals surface area contributed by atoms with E-state index in [0.29, 0.717) is 17.8 Å². The Hall–Kier alpha value is -4.43. The molecule has 0 radical (unpaired) electrons. The number of hydrogen-bond donors (Lipinski definition) is 2. The van der Waals surface area contributed by atoms with Crippen LogP contribution >= 0.6 is 0 Å². The van der Waals surface area contributed by atoms with Crippen molar-refractivity contribution in [3.8, 4) is 22.4 Å². The maximum absolute atomic E-state index is 12.8.